The van der Waals surface area contributed by atoms with E-state index in [0.29, 0.717) is 25.3 Å². The molecule has 10 heteroatoms. The highest BCUT2D eigenvalue weighted by molar-refractivity contribution is 7.14. The van der Waals surface area contributed by atoms with Gasteiger partial charge in [0.1, 0.15) is 5.69 Å². The number of rotatable bonds is 5. The predicted octanol–water partition coefficient (Wildman–Crippen LogP) is 4.34. The zero-order valence-corrected chi connectivity index (χ0v) is 17.0. The van der Waals surface area contributed by atoms with Gasteiger partial charge in [-0.15, -0.1) is 11.3 Å². The largest absolute Gasteiger partial charge is 0.362 e. The molecule has 154 valence electrons. The smallest absolute Gasteiger partial charge is 0.299 e. The van der Waals surface area contributed by atoms with Gasteiger partial charge in [-0.1, -0.05) is 30.3 Å². The number of hydrogen-bond donors (Lipinski definition) is 0. The summed E-state index contributed by atoms with van der Waals surface area (Å²) in [5.41, 5.74) is 1.86. The third kappa shape index (κ3) is 3.81. The summed E-state index contributed by atoms with van der Waals surface area (Å²) in [6, 6.07) is 13.8. The van der Waals surface area contributed by atoms with Crippen molar-refractivity contribution in [3.05, 3.63) is 74.1 Å². The van der Waals surface area contributed by atoms with Crippen molar-refractivity contribution >= 4 is 33.5 Å². The van der Waals surface area contributed by atoms with Crippen LogP contribution in [-0.2, 0) is 0 Å². The van der Waals surface area contributed by atoms with Crippen molar-refractivity contribution in [1.82, 2.24) is 4.98 Å². The summed E-state index contributed by atoms with van der Waals surface area (Å²) in [5, 5.41) is 25.4. The molecular weight excluding hydrogens is 406 g/mol. The van der Waals surface area contributed by atoms with Gasteiger partial charge in [0, 0.05) is 42.7 Å². The van der Waals surface area contributed by atoms with Crippen molar-refractivity contribution in [3.63, 3.8) is 0 Å². The Balaban J connectivity index is 1.53. The Morgan fingerprint density at radius 2 is 1.83 bits per heavy atom. The molecular formula is C20H19N5O4S. The topological polar surface area (TPSA) is 106 Å². The lowest BCUT2D eigenvalue weighted by Crippen LogP contribution is -2.52. The van der Waals surface area contributed by atoms with Crippen LogP contribution < -0.4 is 9.80 Å². The molecule has 30 heavy (non-hydrogen) atoms. The molecule has 0 bridgehead atoms. The van der Waals surface area contributed by atoms with Crippen molar-refractivity contribution in [2.45, 2.75) is 13.0 Å². The Kier molecular flexibility index (Phi) is 5.32. The highest BCUT2D eigenvalue weighted by Gasteiger charge is 2.30. The van der Waals surface area contributed by atoms with E-state index in [1.54, 1.807) is 11.3 Å². The van der Waals surface area contributed by atoms with E-state index in [-0.39, 0.29) is 17.4 Å². The highest BCUT2D eigenvalue weighted by Crippen LogP contribution is 2.35. The van der Waals surface area contributed by atoms with Crippen LogP contribution in [0.4, 0.5) is 22.2 Å². The average molecular weight is 425 g/mol. The number of nitro groups is 2. The molecule has 0 spiro atoms. The van der Waals surface area contributed by atoms with Crippen molar-refractivity contribution in [2.24, 2.45) is 0 Å². The van der Waals surface area contributed by atoms with Gasteiger partial charge in [-0.05, 0) is 13.0 Å². The quantitative estimate of drug-likeness (QED) is 0.442. The lowest BCUT2D eigenvalue weighted by Gasteiger charge is -2.40. The molecule has 0 aliphatic carbocycles. The maximum atomic E-state index is 11.5. The fraction of sp³-hybridized carbons (Fsp3) is 0.250. The molecule has 0 saturated carbocycles. The number of benzene rings is 2. The van der Waals surface area contributed by atoms with Gasteiger partial charge in [0.05, 0.1) is 21.6 Å². The molecule has 1 aliphatic heterocycles. The molecule has 0 radical (unpaired) electrons. The van der Waals surface area contributed by atoms with Crippen LogP contribution in [0, 0.1) is 20.2 Å². The molecule has 1 fully saturated rings. The van der Waals surface area contributed by atoms with Crippen LogP contribution in [0.1, 0.15) is 6.92 Å². The standard InChI is InChI=1S/C20H19N5O4S/c1-14-12-22(18-8-7-16(24(26)27)11-19(18)25(28)29)9-10-23(14)20-21-17(13-30-20)15-5-3-2-4-6-15/h2-8,11,13-14H,9-10,12H2,1H3. The first-order chi connectivity index (χ1) is 14.4. The van der Waals surface area contributed by atoms with E-state index in [0.717, 1.165) is 22.5 Å². The van der Waals surface area contributed by atoms with E-state index in [1.165, 1.54) is 12.1 Å². The normalized spacial score (nSPS) is 16.5. The second-order valence-electron chi connectivity index (χ2n) is 7.06. The zero-order chi connectivity index (χ0) is 21.3. The molecule has 1 unspecified atom stereocenters. The third-order valence-electron chi connectivity index (χ3n) is 5.14. The van der Waals surface area contributed by atoms with Crippen molar-refractivity contribution < 1.29 is 9.85 Å². The van der Waals surface area contributed by atoms with Crippen LogP contribution >= 0.6 is 11.3 Å². The summed E-state index contributed by atoms with van der Waals surface area (Å²) in [6.07, 6.45) is 0. The Bertz CT molecular complexity index is 1090. The molecule has 1 aliphatic rings. The maximum Gasteiger partial charge on any atom is 0.299 e. The SMILES string of the molecule is CC1CN(c2ccc([N+](=O)[O-])cc2[N+](=O)[O-])CCN1c1nc(-c2ccccc2)cs1. The Morgan fingerprint density at radius 1 is 1.07 bits per heavy atom. The van der Waals surface area contributed by atoms with E-state index >= 15 is 0 Å². The first-order valence-corrected chi connectivity index (χ1v) is 10.3. The number of hydrogen-bond acceptors (Lipinski definition) is 8. The first kappa shape index (κ1) is 19.8. The summed E-state index contributed by atoms with van der Waals surface area (Å²) in [7, 11) is 0. The molecule has 1 atom stereocenters. The van der Waals surface area contributed by atoms with Gasteiger partial charge >= 0.3 is 0 Å². The lowest BCUT2D eigenvalue weighted by atomic mass is 10.1. The van der Waals surface area contributed by atoms with Crippen LogP contribution in [0.25, 0.3) is 11.3 Å². The minimum atomic E-state index is -0.621. The van der Waals surface area contributed by atoms with Crippen molar-refractivity contribution in [1.29, 1.82) is 0 Å². The average Bonchev–Trinajstić information content (AvgIpc) is 3.23. The van der Waals surface area contributed by atoms with Gasteiger partial charge < -0.3 is 9.80 Å². The Hall–Kier alpha value is -3.53. The number of nitrogens with zero attached hydrogens (tertiary/aromatic N) is 5. The molecule has 0 N–H and O–H groups in total. The van der Waals surface area contributed by atoms with E-state index in [1.807, 2.05) is 47.5 Å². The molecule has 9 nitrogen and oxygen atoms in total. The van der Waals surface area contributed by atoms with Crippen LogP contribution in [-0.4, -0.2) is 40.5 Å². The fourth-order valence-electron chi connectivity index (χ4n) is 3.64. The molecule has 4 rings (SSSR count). The minimum Gasteiger partial charge on any atom is -0.362 e. The van der Waals surface area contributed by atoms with Gasteiger partial charge in [-0.25, -0.2) is 4.98 Å². The number of aromatic nitrogens is 1. The van der Waals surface area contributed by atoms with E-state index in [2.05, 4.69) is 4.90 Å². The second-order valence-corrected chi connectivity index (χ2v) is 7.89. The van der Waals surface area contributed by atoms with E-state index < -0.39 is 9.85 Å². The molecule has 0 amide bonds. The lowest BCUT2D eigenvalue weighted by molar-refractivity contribution is -0.393. The maximum absolute atomic E-state index is 11.5. The van der Waals surface area contributed by atoms with E-state index in [4.69, 9.17) is 4.98 Å². The van der Waals surface area contributed by atoms with Gasteiger partial charge in [0.15, 0.2) is 5.13 Å². The monoisotopic (exact) mass is 425 g/mol. The number of nitro benzene ring substituents is 2. The number of thiazole rings is 1. The fourth-order valence-corrected chi connectivity index (χ4v) is 4.60. The Morgan fingerprint density at radius 3 is 2.50 bits per heavy atom. The van der Waals surface area contributed by atoms with Crippen LogP contribution in [0.15, 0.2) is 53.9 Å². The number of non-ortho nitro benzene ring substituents is 1. The summed E-state index contributed by atoms with van der Waals surface area (Å²) in [4.78, 5) is 30.2. The highest BCUT2D eigenvalue weighted by atomic mass is 32.1. The van der Waals surface area contributed by atoms with Crippen LogP contribution in [0.5, 0.6) is 0 Å². The third-order valence-corrected chi connectivity index (χ3v) is 6.02. The van der Waals surface area contributed by atoms with Crippen molar-refractivity contribution in [2.75, 3.05) is 29.4 Å². The van der Waals surface area contributed by atoms with Crippen LogP contribution in [0.2, 0.25) is 0 Å². The predicted molar refractivity (Wildman–Crippen MR) is 116 cm³/mol. The molecule has 2 heterocycles. The molecule has 1 saturated heterocycles. The molecule has 1 aromatic heterocycles. The number of anilines is 2. The van der Waals surface area contributed by atoms with E-state index in [9.17, 15) is 20.2 Å². The first-order valence-electron chi connectivity index (χ1n) is 9.39. The van der Waals surface area contributed by atoms with Gasteiger partial charge in [-0.2, -0.15) is 0 Å². The summed E-state index contributed by atoms with van der Waals surface area (Å²) in [5.74, 6) is 0. The zero-order valence-electron chi connectivity index (χ0n) is 16.2. The number of piperazine rings is 1. The Labute approximate surface area is 176 Å². The van der Waals surface area contributed by atoms with Gasteiger partial charge in [-0.3, -0.25) is 20.2 Å². The van der Waals surface area contributed by atoms with Gasteiger partial charge in [0.25, 0.3) is 11.4 Å². The second kappa shape index (κ2) is 8.07. The summed E-state index contributed by atoms with van der Waals surface area (Å²) < 4.78 is 0. The van der Waals surface area contributed by atoms with Crippen molar-refractivity contribution in [3.8, 4) is 11.3 Å². The van der Waals surface area contributed by atoms with Crippen LogP contribution in [0.3, 0.4) is 0 Å². The summed E-state index contributed by atoms with van der Waals surface area (Å²) >= 11 is 1.58. The van der Waals surface area contributed by atoms with Gasteiger partial charge in [0.2, 0.25) is 0 Å². The summed E-state index contributed by atoms with van der Waals surface area (Å²) in [6.45, 7) is 3.81. The minimum absolute atomic E-state index is 0.0725. The molecule has 2 aromatic carbocycles. The molecule has 3 aromatic rings.